The van der Waals surface area contributed by atoms with Crippen molar-refractivity contribution in [3.63, 3.8) is 0 Å². The molecule has 1 aromatic rings. The molecule has 1 aliphatic heterocycles. The molecular formula is C17H23BrN2O3. The first-order chi connectivity index (χ1) is 10.8. The molecule has 0 amide bonds. The monoisotopic (exact) mass is 382 g/mol. The number of ether oxygens (including phenoxy) is 2. The number of carbonyl (C=O) groups excluding carboxylic acids is 1. The third kappa shape index (κ3) is 3.59. The smallest absolute Gasteiger partial charge is 0.332 e. The van der Waals surface area contributed by atoms with Crippen LogP contribution in [0.2, 0.25) is 0 Å². The molecule has 0 radical (unpaired) electrons. The van der Waals surface area contributed by atoms with Crippen molar-refractivity contribution in [1.29, 1.82) is 0 Å². The molecule has 1 saturated heterocycles. The molecule has 0 aromatic carbocycles. The second-order valence-electron chi connectivity index (χ2n) is 7.37. The molecule has 2 aliphatic rings. The normalized spacial score (nSPS) is 29.7. The number of esters is 1. The minimum atomic E-state index is -0.500. The highest BCUT2D eigenvalue weighted by molar-refractivity contribution is 9.10. The molecule has 1 N–H and O–H groups in total. The van der Waals surface area contributed by atoms with E-state index in [0.29, 0.717) is 12.0 Å². The van der Waals surface area contributed by atoms with Gasteiger partial charge in [0.2, 0.25) is 0 Å². The third-order valence-corrected chi connectivity index (χ3v) is 4.93. The van der Waals surface area contributed by atoms with Crippen LogP contribution in [0.1, 0.15) is 39.3 Å². The van der Waals surface area contributed by atoms with Crippen LogP contribution in [0.4, 0.5) is 0 Å². The van der Waals surface area contributed by atoms with E-state index in [1.807, 2.05) is 32.9 Å². The lowest BCUT2D eigenvalue weighted by Crippen LogP contribution is -2.45. The summed E-state index contributed by atoms with van der Waals surface area (Å²) in [6.45, 7) is 6.43. The molecular weight excluding hydrogens is 360 g/mol. The second-order valence-corrected chi connectivity index (χ2v) is 8.28. The highest BCUT2D eigenvalue weighted by Gasteiger charge is 2.54. The summed E-state index contributed by atoms with van der Waals surface area (Å²) in [4.78, 5) is 16.6. The number of fused-ring (bicyclic) bond motifs is 2. The first-order valence-corrected chi connectivity index (χ1v) is 8.79. The molecule has 126 valence electrons. The molecule has 3 rings (SSSR count). The molecule has 1 aromatic heterocycles. The van der Waals surface area contributed by atoms with E-state index in [9.17, 15) is 4.79 Å². The summed E-state index contributed by atoms with van der Waals surface area (Å²) in [7, 11) is 0. The SMILES string of the molecule is CC(C)(C)OC(=O)COC1(c2ccc(Br)cn2)CC2CC1CN2. The van der Waals surface area contributed by atoms with Gasteiger partial charge in [0.05, 0.1) is 5.69 Å². The van der Waals surface area contributed by atoms with Crippen LogP contribution in [0.5, 0.6) is 0 Å². The topological polar surface area (TPSA) is 60.5 Å². The fourth-order valence-electron chi connectivity index (χ4n) is 3.61. The Bertz CT molecular complexity index is 584. The summed E-state index contributed by atoms with van der Waals surface area (Å²) < 4.78 is 12.5. The number of rotatable bonds is 4. The lowest BCUT2D eigenvalue weighted by Gasteiger charge is -2.37. The fraction of sp³-hybridized carbons (Fsp3) is 0.647. The Morgan fingerprint density at radius 2 is 2.26 bits per heavy atom. The Kier molecular flexibility index (Phi) is 4.51. The summed E-state index contributed by atoms with van der Waals surface area (Å²) in [5.41, 5.74) is -0.0917. The Labute approximate surface area is 145 Å². The summed E-state index contributed by atoms with van der Waals surface area (Å²) in [6, 6.07) is 4.39. The van der Waals surface area contributed by atoms with Crippen molar-refractivity contribution in [1.82, 2.24) is 10.3 Å². The van der Waals surface area contributed by atoms with E-state index in [1.165, 1.54) is 0 Å². The zero-order chi connectivity index (χ0) is 16.7. The van der Waals surface area contributed by atoms with Crippen LogP contribution in [0, 0.1) is 5.92 Å². The molecule has 2 fully saturated rings. The van der Waals surface area contributed by atoms with Gasteiger partial charge >= 0.3 is 5.97 Å². The zero-order valence-electron chi connectivity index (χ0n) is 13.8. The molecule has 2 heterocycles. The lowest BCUT2D eigenvalue weighted by molar-refractivity contribution is -0.171. The van der Waals surface area contributed by atoms with Gasteiger partial charge in [-0.1, -0.05) is 0 Å². The highest BCUT2D eigenvalue weighted by Crippen LogP contribution is 2.49. The average Bonchev–Trinajstić information content (AvgIpc) is 3.05. The Balaban J connectivity index is 1.78. The Hall–Kier alpha value is -0.980. The van der Waals surface area contributed by atoms with Crippen LogP contribution in [-0.4, -0.2) is 35.7 Å². The fourth-order valence-corrected chi connectivity index (χ4v) is 3.85. The van der Waals surface area contributed by atoms with Gasteiger partial charge in [-0.3, -0.25) is 4.98 Å². The molecule has 3 unspecified atom stereocenters. The van der Waals surface area contributed by atoms with Crippen molar-refractivity contribution in [2.45, 2.75) is 50.9 Å². The standard InChI is InChI=1S/C17H23BrN2O3/c1-16(2,3)23-15(21)10-22-17(7-13-6-11(17)8-19-13)14-5-4-12(18)9-20-14/h4-5,9,11,13,19H,6-8,10H2,1-3H3. The maximum atomic E-state index is 12.1. The van der Waals surface area contributed by atoms with Crippen molar-refractivity contribution in [3.05, 3.63) is 28.5 Å². The predicted octanol–water partition coefficient (Wildman–Crippen LogP) is 2.78. The zero-order valence-corrected chi connectivity index (χ0v) is 15.4. The summed E-state index contributed by atoms with van der Waals surface area (Å²) in [5, 5.41) is 3.48. The van der Waals surface area contributed by atoms with Crippen LogP contribution in [-0.2, 0) is 19.9 Å². The maximum absolute atomic E-state index is 12.1. The van der Waals surface area contributed by atoms with Crippen molar-refractivity contribution < 1.29 is 14.3 Å². The van der Waals surface area contributed by atoms with E-state index in [4.69, 9.17) is 9.47 Å². The minimum Gasteiger partial charge on any atom is -0.458 e. The average molecular weight is 383 g/mol. The number of pyridine rings is 1. The quantitative estimate of drug-likeness (QED) is 0.811. The maximum Gasteiger partial charge on any atom is 0.332 e. The lowest BCUT2D eigenvalue weighted by atomic mass is 9.85. The van der Waals surface area contributed by atoms with Gasteiger partial charge in [-0.05, 0) is 61.7 Å². The first kappa shape index (κ1) is 16.9. The molecule has 1 saturated carbocycles. The number of carbonyl (C=O) groups is 1. The van der Waals surface area contributed by atoms with E-state index in [-0.39, 0.29) is 12.6 Å². The molecule has 2 bridgehead atoms. The third-order valence-electron chi connectivity index (χ3n) is 4.46. The van der Waals surface area contributed by atoms with E-state index in [0.717, 1.165) is 29.6 Å². The van der Waals surface area contributed by atoms with E-state index in [2.05, 4.69) is 26.2 Å². The second kappa shape index (κ2) is 6.15. The van der Waals surface area contributed by atoms with Crippen molar-refractivity contribution in [3.8, 4) is 0 Å². The van der Waals surface area contributed by atoms with Crippen LogP contribution in [0.25, 0.3) is 0 Å². The molecule has 23 heavy (non-hydrogen) atoms. The van der Waals surface area contributed by atoms with E-state index >= 15 is 0 Å². The first-order valence-electron chi connectivity index (χ1n) is 8.00. The van der Waals surface area contributed by atoms with Gasteiger partial charge in [0.1, 0.15) is 17.8 Å². The molecule has 3 atom stereocenters. The number of hydrogen-bond donors (Lipinski definition) is 1. The Morgan fingerprint density at radius 1 is 1.48 bits per heavy atom. The number of aromatic nitrogens is 1. The van der Waals surface area contributed by atoms with Crippen molar-refractivity contribution >= 4 is 21.9 Å². The number of halogens is 1. The van der Waals surface area contributed by atoms with Gasteiger partial charge in [-0.2, -0.15) is 0 Å². The highest BCUT2D eigenvalue weighted by atomic mass is 79.9. The Morgan fingerprint density at radius 3 is 2.78 bits per heavy atom. The van der Waals surface area contributed by atoms with Crippen LogP contribution in [0.15, 0.2) is 22.8 Å². The van der Waals surface area contributed by atoms with Gasteiger partial charge in [-0.15, -0.1) is 0 Å². The predicted molar refractivity (Wildman–Crippen MR) is 89.9 cm³/mol. The van der Waals surface area contributed by atoms with Gasteiger partial charge in [0.25, 0.3) is 0 Å². The van der Waals surface area contributed by atoms with E-state index in [1.54, 1.807) is 6.20 Å². The van der Waals surface area contributed by atoms with Crippen molar-refractivity contribution in [2.24, 2.45) is 5.92 Å². The van der Waals surface area contributed by atoms with E-state index < -0.39 is 11.2 Å². The van der Waals surface area contributed by atoms with Gasteiger partial charge in [0.15, 0.2) is 0 Å². The van der Waals surface area contributed by atoms with Crippen molar-refractivity contribution in [2.75, 3.05) is 13.2 Å². The molecule has 6 heteroatoms. The molecule has 0 spiro atoms. The van der Waals surface area contributed by atoms with Crippen LogP contribution >= 0.6 is 15.9 Å². The van der Waals surface area contributed by atoms with Gasteiger partial charge < -0.3 is 14.8 Å². The number of hydrogen-bond acceptors (Lipinski definition) is 5. The number of piperidine rings is 1. The minimum absolute atomic E-state index is 0.0434. The molecule has 5 nitrogen and oxygen atoms in total. The summed E-state index contributed by atoms with van der Waals surface area (Å²) in [6.07, 6.45) is 3.69. The number of nitrogens with zero attached hydrogens (tertiary/aromatic N) is 1. The van der Waals surface area contributed by atoms with Crippen LogP contribution in [0.3, 0.4) is 0 Å². The number of nitrogens with one attached hydrogen (secondary N) is 1. The largest absolute Gasteiger partial charge is 0.458 e. The molecule has 1 aliphatic carbocycles. The summed E-state index contributed by atoms with van der Waals surface area (Å²) >= 11 is 3.42. The van der Waals surface area contributed by atoms with Crippen LogP contribution < -0.4 is 5.32 Å². The van der Waals surface area contributed by atoms with Gasteiger partial charge in [-0.25, -0.2) is 4.79 Å². The van der Waals surface area contributed by atoms with Gasteiger partial charge in [0, 0.05) is 29.2 Å². The summed E-state index contributed by atoms with van der Waals surface area (Å²) in [5.74, 6) is 0.00771.